The Bertz CT molecular complexity index is 1350. The Kier molecular flexibility index (Phi) is 6.31. The van der Waals surface area contributed by atoms with E-state index in [9.17, 15) is 19.4 Å². The molecule has 1 unspecified atom stereocenters. The van der Waals surface area contributed by atoms with Crippen molar-refractivity contribution in [2.45, 2.75) is 18.4 Å². The zero-order chi connectivity index (χ0) is 23.7. The van der Waals surface area contributed by atoms with Gasteiger partial charge in [-0.05, 0) is 36.1 Å². The molecule has 0 spiro atoms. The molecule has 33 heavy (non-hydrogen) atoms. The Hall–Kier alpha value is -3.49. The molecule has 2 aromatic carbocycles. The van der Waals surface area contributed by atoms with Crippen LogP contribution in [0.15, 0.2) is 53.4 Å². The third-order valence-electron chi connectivity index (χ3n) is 5.02. The average Bonchev–Trinajstić information content (AvgIpc) is 3.13. The molecule has 0 fully saturated rings. The number of hydrogen-bond acceptors (Lipinski definition) is 9. The lowest BCUT2D eigenvalue weighted by atomic mass is 9.80. The number of carbonyl (C=O) groups excluding carboxylic acids is 1. The van der Waals surface area contributed by atoms with E-state index in [2.05, 4.69) is 20.5 Å². The van der Waals surface area contributed by atoms with Crippen LogP contribution in [0.4, 0.5) is 5.82 Å². The summed E-state index contributed by atoms with van der Waals surface area (Å²) in [4.78, 5) is 16.8. The van der Waals surface area contributed by atoms with E-state index in [0.717, 1.165) is 5.69 Å². The van der Waals surface area contributed by atoms with Crippen molar-refractivity contribution in [2.75, 3.05) is 5.32 Å². The summed E-state index contributed by atoms with van der Waals surface area (Å²) in [6.45, 7) is 2.04. The number of benzene rings is 2. The van der Waals surface area contributed by atoms with Crippen LogP contribution in [0.5, 0.6) is 0 Å². The van der Waals surface area contributed by atoms with Gasteiger partial charge >= 0.3 is 7.12 Å². The van der Waals surface area contributed by atoms with E-state index in [1.165, 1.54) is 0 Å². The Morgan fingerprint density at radius 2 is 1.97 bits per heavy atom. The molecule has 1 atom stereocenters. The molecule has 0 aliphatic heterocycles. The first-order valence-corrected chi connectivity index (χ1v) is 11.0. The highest BCUT2D eigenvalue weighted by Crippen LogP contribution is 2.28. The summed E-state index contributed by atoms with van der Waals surface area (Å²) in [5.41, 5.74) is 7.76. The van der Waals surface area contributed by atoms with Crippen molar-refractivity contribution < 1.29 is 19.4 Å². The smallest absolute Gasteiger partial charge is 0.488 e. The second kappa shape index (κ2) is 9.17. The third-order valence-corrected chi connectivity index (χ3v) is 5.81. The van der Waals surface area contributed by atoms with Gasteiger partial charge in [-0.15, -0.1) is 15.3 Å². The van der Waals surface area contributed by atoms with Crippen LogP contribution in [0, 0.1) is 6.92 Å². The summed E-state index contributed by atoms with van der Waals surface area (Å²) >= 11 is -1.68. The van der Waals surface area contributed by atoms with Crippen molar-refractivity contribution >= 4 is 46.6 Å². The van der Waals surface area contributed by atoms with E-state index < -0.39 is 24.4 Å². The standard InChI is InChI=1S/C20H20BN7O4S/c1-11-8-14-15(6-3-7-16(14)33(23)32)28(11)20-25-19(17(18(22)29)26-27-20)24-10-12-4-2-5-13(9-12)21(30)31/h2-9,30-31H,10,23H2,1H3,(H2,22,29)(H,24,25,27). The van der Waals surface area contributed by atoms with E-state index in [4.69, 9.17) is 10.9 Å². The van der Waals surface area contributed by atoms with E-state index in [0.29, 0.717) is 26.8 Å². The van der Waals surface area contributed by atoms with E-state index in [1.807, 2.05) is 19.1 Å². The molecule has 4 rings (SSSR count). The Morgan fingerprint density at radius 3 is 2.67 bits per heavy atom. The number of aromatic nitrogens is 4. The molecule has 0 saturated carbocycles. The number of aryl methyl sites for hydroxylation is 1. The minimum Gasteiger partial charge on any atom is -0.593 e. The lowest BCUT2D eigenvalue weighted by Gasteiger charge is -2.12. The fourth-order valence-corrected chi connectivity index (χ4v) is 4.12. The monoisotopic (exact) mass is 465 g/mol. The predicted molar refractivity (Wildman–Crippen MR) is 124 cm³/mol. The Labute approximate surface area is 191 Å². The van der Waals surface area contributed by atoms with Gasteiger partial charge in [0.15, 0.2) is 16.4 Å². The summed E-state index contributed by atoms with van der Waals surface area (Å²) < 4.78 is 13.6. The number of fused-ring (bicyclic) bond motifs is 1. The summed E-state index contributed by atoms with van der Waals surface area (Å²) in [5, 5.41) is 36.1. The molecule has 4 aromatic rings. The quantitative estimate of drug-likeness (QED) is 0.177. The van der Waals surface area contributed by atoms with Gasteiger partial charge in [0.1, 0.15) is 0 Å². The summed E-state index contributed by atoms with van der Waals surface area (Å²) in [5.74, 6) is -0.518. The zero-order valence-corrected chi connectivity index (χ0v) is 18.3. The number of nitrogens with zero attached hydrogens (tertiary/aromatic N) is 4. The zero-order valence-electron chi connectivity index (χ0n) is 17.5. The van der Waals surface area contributed by atoms with Crippen LogP contribution in [0.1, 0.15) is 21.7 Å². The summed E-state index contributed by atoms with van der Waals surface area (Å²) in [7, 11) is -1.60. The number of carbonyl (C=O) groups is 1. The van der Waals surface area contributed by atoms with Crippen molar-refractivity contribution in [1.82, 2.24) is 19.7 Å². The van der Waals surface area contributed by atoms with Crippen molar-refractivity contribution in [3.63, 3.8) is 0 Å². The average molecular weight is 465 g/mol. The van der Waals surface area contributed by atoms with Crippen LogP contribution < -0.4 is 21.7 Å². The molecule has 168 valence electrons. The van der Waals surface area contributed by atoms with Crippen LogP contribution >= 0.6 is 0 Å². The minimum atomic E-state index is -1.68. The molecule has 0 aliphatic rings. The lowest BCUT2D eigenvalue weighted by Crippen LogP contribution is -2.30. The van der Waals surface area contributed by atoms with Gasteiger partial charge in [-0.1, -0.05) is 30.3 Å². The SMILES string of the molecule is Cc1cc2c([S+](N)[O-])cccc2n1-c1nnc(C(N)=O)c(NCc2cccc(B(O)O)c2)n1. The highest BCUT2D eigenvalue weighted by molar-refractivity contribution is 7.89. The maximum atomic E-state index is 11.9. The largest absolute Gasteiger partial charge is 0.593 e. The highest BCUT2D eigenvalue weighted by Gasteiger charge is 2.20. The van der Waals surface area contributed by atoms with Crippen LogP contribution in [0.2, 0.25) is 0 Å². The van der Waals surface area contributed by atoms with E-state index in [-0.39, 0.29) is 24.0 Å². The lowest BCUT2D eigenvalue weighted by molar-refractivity contribution is 0.0995. The summed E-state index contributed by atoms with van der Waals surface area (Å²) in [6, 6.07) is 13.7. The number of hydrogen-bond donors (Lipinski definition) is 5. The molecule has 2 aromatic heterocycles. The van der Waals surface area contributed by atoms with Crippen LogP contribution in [-0.4, -0.2) is 47.4 Å². The summed E-state index contributed by atoms with van der Waals surface area (Å²) in [6.07, 6.45) is 0. The topological polar surface area (TPSA) is 188 Å². The number of primary amides is 1. The number of amides is 1. The first-order valence-electron chi connectivity index (χ1n) is 9.77. The first kappa shape index (κ1) is 22.7. The van der Waals surface area contributed by atoms with Gasteiger partial charge in [0, 0.05) is 12.2 Å². The maximum absolute atomic E-state index is 11.9. The van der Waals surface area contributed by atoms with Crippen LogP contribution in [0.3, 0.4) is 0 Å². The van der Waals surface area contributed by atoms with Crippen molar-refractivity contribution in [1.29, 1.82) is 0 Å². The fraction of sp³-hybridized carbons (Fsp3) is 0.100. The number of nitrogens with two attached hydrogens (primary N) is 2. The van der Waals surface area contributed by atoms with Crippen molar-refractivity contribution in [3.05, 3.63) is 65.5 Å². The van der Waals surface area contributed by atoms with Crippen molar-refractivity contribution in [2.24, 2.45) is 10.9 Å². The first-order chi connectivity index (χ1) is 15.8. The number of rotatable bonds is 7. The molecule has 1 amide bonds. The molecular formula is C20H20BN7O4S. The molecule has 11 nitrogen and oxygen atoms in total. The molecular weight excluding hydrogens is 445 g/mol. The Morgan fingerprint density at radius 1 is 1.21 bits per heavy atom. The Balaban J connectivity index is 1.75. The molecule has 2 heterocycles. The van der Waals surface area contributed by atoms with Gasteiger partial charge in [-0.3, -0.25) is 9.36 Å². The van der Waals surface area contributed by atoms with Gasteiger partial charge < -0.3 is 25.7 Å². The van der Waals surface area contributed by atoms with E-state index in [1.54, 1.807) is 41.0 Å². The second-order valence-electron chi connectivity index (χ2n) is 7.25. The number of nitrogens with one attached hydrogen (secondary N) is 1. The maximum Gasteiger partial charge on any atom is 0.488 e. The minimum absolute atomic E-state index is 0.113. The normalized spacial score (nSPS) is 12.0. The second-order valence-corrected chi connectivity index (χ2v) is 8.29. The molecule has 0 radical (unpaired) electrons. The molecule has 13 heteroatoms. The van der Waals surface area contributed by atoms with E-state index >= 15 is 0 Å². The van der Waals surface area contributed by atoms with Gasteiger partial charge in [0.05, 0.1) is 22.3 Å². The fourth-order valence-electron chi connectivity index (χ4n) is 3.53. The molecule has 0 saturated heterocycles. The van der Waals surface area contributed by atoms with Crippen LogP contribution in [0.25, 0.3) is 16.9 Å². The van der Waals surface area contributed by atoms with Gasteiger partial charge in [0.25, 0.3) is 11.9 Å². The van der Waals surface area contributed by atoms with Gasteiger partial charge in [0.2, 0.25) is 0 Å². The van der Waals surface area contributed by atoms with Gasteiger partial charge in [-0.25, -0.2) is 0 Å². The highest BCUT2D eigenvalue weighted by atomic mass is 32.2. The van der Waals surface area contributed by atoms with Crippen LogP contribution in [-0.2, 0) is 17.9 Å². The molecule has 7 N–H and O–H groups in total. The number of anilines is 1. The molecule has 0 aliphatic carbocycles. The molecule has 0 bridgehead atoms. The predicted octanol–water partition coefficient (Wildman–Crippen LogP) is -0.504. The van der Waals surface area contributed by atoms with Crippen molar-refractivity contribution in [3.8, 4) is 5.95 Å². The third kappa shape index (κ3) is 4.53. The van der Waals surface area contributed by atoms with Gasteiger partial charge in [-0.2, -0.15) is 4.98 Å².